The van der Waals surface area contributed by atoms with Crippen LogP contribution < -0.4 is 10.2 Å². The summed E-state index contributed by atoms with van der Waals surface area (Å²) < 4.78 is 5.22. The molecule has 1 saturated carbocycles. The molecule has 0 radical (unpaired) electrons. The van der Waals surface area contributed by atoms with Gasteiger partial charge < -0.3 is 15.0 Å². The quantitative estimate of drug-likeness (QED) is 0.752. The summed E-state index contributed by atoms with van der Waals surface area (Å²) in [6.45, 7) is 7.95. The number of halogens is 1. The van der Waals surface area contributed by atoms with Gasteiger partial charge in [-0.3, -0.25) is 0 Å². The summed E-state index contributed by atoms with van der Waals surface area (Å²) in [7, 11) is 1.75. The van der Waals surface area contributed by atoms with Crippen LogP contribution in [0.5, 0.6) is 0 Å². The van der Waals surface area contributed by atoms with Gasteiger partial charge in [0.2, 0.25) is 0 Å². The third kappa shape index (κ3) is 5.17. The van der Waals surface area contributed by atoms with Gasteiger partial charge in [-0.05, 0) is 43.0 Å². The minimum absolute atomic E-state index is 0.655. The second-order valence-corrected chi connectivity index (χ2v) is 6.63. The number of rotatable bonds is 9. The third-order valence-electron chi connectivity index (χ3n) is 3.76. The fourth-order valence-corrected chi connectivity index (χ4v) is 2.69. The van der Waals surface area contributed by atoms with Gasteiger partial charge in [-0.1, -0.05) is 31.5 Å². The number of ether oxygens (including phenoxy) is 1. The molecule has 2 rings (SSSR count). The molecule has 4 heteroatoms. The van der Waals surface area contributed by atoms with Gasteiger partial charge in [-0.15, -0.1) is 0 Å². The van der Waals surface area contributed by atoms with Crippen LogP contribution in [-0.2, 0) is 11.3 Å². The average Bonchev–Trinajstić information content (AvgIpc) is 3.26. The summed E-state index contributed by atoms with van der Waals surface area (Å²) in [4.78, 5) is 2.42. The van der Waals surface area contributed by atoms with Crippen LogP contribution in [0.4, 0.5) is 5.69 Å². The van der Waals surface area contributed by atoms with Crippen molar-refractivity contribution < 1.29 is 4.74 Å². The van der Waals surface area contributed by atoms with E-state index in [1.807, 2.05) is 0 Å². The molecule has 0 aromatic heterocycles. The van der Waals surface area contributed by atoms with Gasteiger partial charge in [0.15, 0.2) is 0 Å². The van der Waals surface area contributed by atoms with Crippen LogP contribution in [0.2, 0.25) is 5.02 Å². The minimum atomic E-state index is 0.655. The summed E-state index contributed by atoms with van der Waals surface area (Å²) in [5.41, 5.74) is 2.38. The predicted molar refractivity (Wildman–Crippen MR) is 90.2 cm³/mol. The Labute approximate surface area is 133 Å². The standard InChI is InChI=1S/C17H27ClN2O/c1-13(2)11-19-12-14-4-5-16(10-17(14)18)20(8-9-21-3)15-6-7-15/h4-5,10,13,15,19H,6-9,11-12H2,1-3H3. The van der Waals surface area contributed by atoms with Crippen LogP contribution in [0.3, 0.4) is 0 Å². The Morgan fingerprint density at radius 2 is 2.14 bits per heavy atom. The van der Waals surface area contributed by atoms with Crippen molar-refractivity contribution in [3.63, 3.8) is 0 Å². The summed E-state index contributed by atoms with van der Waals surface area (Å²) in [5.74, 6) is 0.655. The number of anilines is 1. The van der Waals surface area contributed by atoms with Crippen LogP contribution in [0.1, 0.15) is 32.3 Å². The number of hydrogen-bond acceptors (Lipinski definition) is 3. The second-order valence-electron chi connectivity index (χ2n) is 6.22. The lowest BCUT2D eigenvalue weighted by atomic mass is 10.1. The van der Waals surface area contributed by atoms with E-state index in [9.17, 15) is 0 Å². The molecule has 1 aromatic carbocycles. The first kappa shape index (κ1) is 16.6. The molecule has 1 N–H and O–H groups in total. The molecule has 21 heavy (non-hydrogen) atoms. The maximum Gasteiger partial charge on any atom is 0.0637 e. The Bertz CT molecular complexity index is 446. The highest BCUT2D eigenvalue weighted by Crippen LogP contribution is 2.33. The molecule has 0 heterocycles. The van der Waals surface area contributed by atoms with E-state index in [1.165, 1.54) is 24.1 Å². The van der Waals surface area contributed by atoms with Crippen LogP contribution in [0.15, 0.2) is 18.2 Å². The number of benzene rings is 1. The molecule has 0 amide bonds. The van der Waals surface area contributed by atoms with Crippen molar-refractivity contribution in [3.8, 4) is 0 Å². The first-order chi connectivity index (χ1) is 10.1. The molecule has 1 aliphatic rings. The fourth-order valence-electron chi connectivity index (χ4n) is 2.45. The monoisotopic (exact) mass is 310 g/mol. The van der Waals surface area contributed by atoms with Gasteiger partial charge in [0.1, 0.15) is 0 Å². The van der Waals surface area contributed by atoms with Crippen molar-refractivity contribution in [1.82, 2.24) is 5.32 Å². The molecule has 1 aromatic rings. The fraction of sp³-hybridized carbons (Fsp3) is 0.647. The van der Waals surface area contributed by atoms with Gasteiger partial charge in [0.05, 0.1) is 6.61 Å². The normalized spacial score (nSPS) is 14.7. The summed E-state index contributed by atoms with van der Waals surface area (Å²) in [5, 5.41) is 4.30. The average molecular weight is 311 g/mol. The van der Waals surface area contributed by atoms with Gasteiger partial charge in [0.25, 0.3) is 0 Å². The molecule has 0 spiro atoms. The zero-order valence-electron chi connectivity index (χ0n) is 13.4. The number of hydrogen-bond donors (Lipinski definition) is 1. The van der Waals surface area contributed by atoms with Crippen molar-refractivity contribution in [3.05, 3.63) is 28.8 Å². The molecule has 0 unspecified atom stereocenters. The van der Waals surface area contributed by atoms with Crippen molar-refractivity contribution in [2.75, 3.05) is 31.7 Å². The number of nitrogens with zero attached hydrogens (tertiary/aromatic N) is 1. The lowest BCUT2D eigenvalue weighted by molar-refractivity contribution is 0.205. The van der Waals surface area contributed by atoms with Crippen molar-refractivity contribution in [2.45, 2.75) is 39.3 Å². The van der Waals surface area contributed by atoms with Gasteiger partial charge in [0, 0.05) is 37.0 Å². The molecule has 3 nitrogen and oxygen atoms in total. The zero-order chi connectivity index (χ0) is 15.2. The smallest absolute Gasteiger partial charge is 0.0637 e. The van der Waals surface area contributed by atoms with E-state index < -0.39 is 0 Å². The Hall–Kier alpha value is -0.770. The number of nitrogens with one attached hydrogen (secondary N) is 1. The minimum Gasteiger partial charge on any atom is -0.383 e. The predicted octanol–water partition coefficient (Wildman–Crippen LogP) is 3.70. The Kier molecular flexibility index (Phi) is 6.34. The van der Waals surface area contributed by atoms with Crippen LogP contribution in [-0.4, -0.2) is 32.8 Å². The maximum absolute atomic E-state index is 6.45. The molecule has 0 saturated heterocycles. The van der Waals surface area contributed by atoms with Gasteiger partial charge in [-0.25, -0.2) is 0 Å². The van der Waals surface area contributed by atoms with E-state index in [0.717, 1.165) is 31.3 Å². The SMILES string of the molecule is COCCN(c1ccc(CNCC(C)C)c(Cl)c1)C1CC1. The Morgan fingerprint density at radius 1 is 1.38 bits per heavy atom. The largest absolute Gasteiger partial charge is 0.383 e. The van der Waals surface area contributed by atoms with Crippen LogP contribution in [0, 0.1) is 5.92 Å². The molecule has 0 aliphatic heterocycles. The first-order valence-corrected chi connectivity index (χ1v) is 8.24. The topological polar surface area (TPSA) is 24.5 Å². The highest BCUT2D eigenvalue weighted by Gasteiger charge is 2.29. The molecule has 118 valence electrons. The Balaban J connectivity index is 1.99. The van der Waals surface area contributed by atoms with Crippen LogP contribution in [0.25, 0.3) is 0 Å². The highest BCUT2D eigenvalue weighted by molar-refractivity contribution is 6.31. The zero-order valence-corrected chi connectivity index (χ0v) is 14.1. The lowest BCUT2D eigenvalue weighted by Crippen LogP contribution is -2.29. The Morgan fingerprint density at radius 3 is 2.71 bits per heavy atom. The molecule has 1 aliphatic carbocycles. The summed E-state index contributed by atoms with van der Waals surface area (Å²) in [6, 6.07) is 7.10. The van der Waals surface area contributed by atoms with E-state index in [2.05, 4.69) is 42.3 Å². The van der Waals surface area contributed by atoms with Crippen LogP contribution >= 0.6 is 11.6 Å². The summed E-state index contributed by atoms with van der Waals surface area (Å²) >= 11 is 6.45. The van der Waals surface area contributed by atoms with Gasteiger partial charge in [-0.2, -0.15) is 0 Å². The number of methoxy groups -OCH3 is 1. The van der Waals surface area contributed by atoms with E-state index in [1.54, 1.807) is 7.11 Å². The van der Waals surface area contributed by atoms with Crippen molar-refractivity contribution in [1.29, 1.82) is 0 Å². The molecule has 0 bridgehead atoms. The molecule has 1 fully saturated rings. The van der Waals surface area contributed by atoms with E-state index >= 15 is 0 Å². The van der Waals surface area contributed by atoms with E-state index in [-0.39, 0.29) is 0 Å². The molecule has 0 atom stereocenters. The lowest BCUT2D eigenvalue weighted by Gasteiger charge is -2.25. The first-order valence-electron chi connectivity index (χ1n) is 7.86. The van der Waals surface area contributed by atoms with Crippen molar-refractivity contribution in [2.24, 2.45) is 5.92 Å². The van der Waals surface area contributed by atoms with Gasteiger partial charge >= 0.3 is 0 Å². The summed E-state index contributed by atoms with van der Waals surface area (Å²) in [6.07, 6.45) is 2.55. The third-order valence-corrected chi connectivity index (χ3v) is 4.11. The van der Waals surface area contributed by atoms with E-state index in [4.69, 9.17) is 16.3 Å². The molecular weight excluding hydrogens is 284 g/mol. The highest BCUT2D eigenvalue weighted by atomic mass is 35.5. The second kappa shape index (κ2) is 8.02. The maximum atomic E-state index is 6.45. The molecular formula is C17H27ClN2O. The van der Waals surface area contributed by atoms with E-state index in [0.29, 0.717) is 12.0 Å². The van der Waals surface area contributed by atoms with Crippen molar-refractivity contribution >= 4 is 17.3 Å².